The van der Waals surface area contributed by atoms with Crippen molar-refractivity contribution in [3.63, 3.8) is 0 Å². The predicted molar refractivity (Wildman–Crippen MR) is 110 cm³/mol. The maximum Gasteiger partial charge on any atom is 0.326 e. The lowest BCUT2D eigenvalue weighted by atomic mass is 9.81. The van der Waals surface area contributed by atoms with Crippen molar-refractivity contribution in [2.45, 2.75) is 38.1 Å². The van der Waals surface area contributed by atoms with Crippen molar-refractivity contribution in [1.82, 2.24) is 9.97 Å². The second-order valence-electron chi connectivity index (χ2n) is 7.22. The predicted octanol–water partition coefficient (Wildman–Crippen LogP) is 4.57. The van der Waals surface area contributed by atoms with Crippen LogP contribution < -0.4 is 5.32 Å². The highest BCUT2D eigenvalue weighted by atomic mass is 32.1. The van der Waals surface area contributed by atoms with Gasteiger partial charge in [-0.05, 0) is 42.6 Å². The van der Waals surface area contributed by atoms with E-state index >= 15 is 0 Å². The number of rotatable bonds is 6. The van der Waals surface area contributed by atoms with Crippen molar-refractivity contribution in [2.75, 3.05) is 5.32 Å². The summed E-state index contributed by atoms with van der Waals surface area (Å²) in [6, 6.07) is 11.4. The Morgan fingerprint density at radius 2 is 1.93 bits per heavy atom. The molecule has 29 heavy (non-hydrogen) atoms. The molecule has 0 amide bonds. The summed E-state index contributed by atoms with van der Waals surface area (Å²) in [6.07, 6.45) is 2.60. The zero-order valence-electron chi connectivity index (χ0n) is 15.6. The van der Waals surface area contributed by atoms with E-state index in [0.717, 1.165) is 16.9 Å². The van der Waals surface area contributed by atoms with E-state index in [4.69, 9.17) is 4.98 Å². The third-order valence-electron chi connectivity index (χ3n) is 5.32. The standard InChI is InChI=1S/C20H20N4O4S/c25-20(26)14-8-6-13(7-9-14)17-22-18(21-11-12-4-2-1-3-5-12)15-10-16(24(27)28)29-19(15)23-17/h1-5,10,13-14H,6-9,11H2,(H,25,26)(H,21,22,23). The zero-order valence-corrected chi connectivity index (χ0v) is 16.4. The summed E-state index contributed by atoms with van der Waals surface area (Å²) in [6.45, 7) is 0.543. The van der Waals surface area contributed by atoms with E-state index in [1.165, 1.54) is 6.07 Å². The third-order valence-corrected chi connectivity index (χ3v) is 6.30. The quantitative estimate of drug-likeness (QED) is 0.450. The first-order valence-electron chi connectivity index (χ1n) is 9.47. The number of fused-ring (bicyclic) bond motifs is 1. The Bertz CT molecular complexity index is 1050. The fourth-order valence-electron chi connectivity index (χ4n) is 3.71. The second-order valence-corrected chi connectivity index (χ2v) is 8.23. The van der Waals surface area contributed by atoms with Crippen molar-refractivity contribution in [1.29, 1.82) is 0 Å². The van der Waals surface area contributed by atoms with Crippen LogP contribution in [0.4, 0.5) is 10.8 Å². The molecule has 0 aliphatic heterocycles. The number of carboxylic acid groups (broad SMARTS) is 1. The molecule has 2 N–H and O–H groups in total. The summed E-state index contributed by atoms with van der Waals surface area (Å²) in [5, 5.41) is 24.4. The molecule has 0 saturated heterocycles. The second kappa shape index (κ2) is 8.12. The van der Waals surface area contributed by atoms with Crippen LogP contribution in [0.25, 0.3) is 10.2 Å². The Morgan fingerprint density at radius 1 is 1.21 bits per heavy atom. The van der Waals surface area contributed by atoms with E-state index in [-0.39, 0.29) is 16.8 Å². The summed E-state index contributed by atoms with van der Waals surface area (Å²) >= 11 is 1.04. The molecule has 0 bridgehead atoms. The smallest absolute Gasteiger partial charge is 0.326 e. The molecular formula is C20H20N4O4S. The van der Waals surface area contributed by atoms with Crippen LogP contribution in [0.2, 0.25) is 0 Å². The number of carboxylic acids is 1. The molecule has 8 nitrogen and oxygen atoms in total. The van der Waals surface area contributed by atoms with Gasteiger partial charge in [0.15, 0.2) is 0 Å². The number of anilines is 1. The number of hydrogen-bond acceptors (Lipinski definition) is 7. The lowest BCUT2D eigenvalue weighted by Gasteiger charge is -2.25. The Balaban J connectivity index is 1.64. The number of carbonyl (C=O) groups is 1. The highest BCUT2D eigenvalue weighted by Crippen LogP contribution is 2.39. The van der Waals surface area contributed by atoms with Gasteiger partial charge in [0.2, 0.25) is 0 Å². The number of hydrogen-bond donors (Lipinski definition) is 2. The Hall–Kier alpha value is -3.07. The number of aliphatic carboxylic acids is 1. The molecule has 3 aromatic rings. The molecule has 1 aliphatic rings. The SMILES string of the molecule is O=C(O)C1CCC(c2nc(NCc3ccccc3)c3cc([N+](=O)[O-])sc3n2)CC1. The molecule has 150 valence electrons. The molecule has 2 heterocycles. The lowest BCUT2D eigenvalue weighted by molar-refractivity contribution is -0.380. The Labute approximate surface area is 170 Å². The van der Waals surface area contributed by atoms with Crippen molar-refractivity contribution >= 4 is 38.3 Å². The molecule has 1 aliphatic carbocycles. The summed E-state index contributed by atoms with van der Waals surface area (Å²) < 4.78 is 0. The van der Waals surface area contributed by atoms with E-state index in [9.17, 15) is 20.0 Å². The van der Waals surface area contributed by atoms with Gasteiger partial charge in [0.05, 0.1) is 16.2 Å². The van der Waals surface area contributed by atoms with Gasteiger partial charge in [0, 0.05) is 18.5 Å². The van der Waals surface area contributed by atoms with E-state index in [2.05, 4.69) is 10.3 Å². The minimum Gasteiger partial charge on any atom is -0.481 e. The van der Waals surface area contributed by atoms with Crippen LogP contribution in [-0.4, -0.2) is 26.0 Å². The molecule has 1 aromatic carbocycles. The van der Waals surface area contributed by atoms with Crippen LogP contribution in [0.5, 0.6) is 0 Å². The van der Waals surface area contributed by atoms with Gasteiger partial charge in [-0.25, -0.2) is 9.97 Å². The molecule has 1 fully saturated rings. The topological polar surface area (TPSA) is 118 Å². The third kappa shape index (κ3) is 4.19. The maximum absolute atomic E-state index is 11.2. The van der Waals surface area contributed by atoms with E-state index in [1.54, 1.807) is 0 Å². The number of benzene rings is 1. The normalized spacial score (nSPS) is 19.2. The molecule has 9 heteroatoms. The fraction of sp³-hybridized carbons (Fsp3) is 0.350. The lowest BCUT2D eigenvalue weighted by Crippen LogP contribution is -2.21. The van der Waals surface area contributed by atoms with Crippen LogP contribution in [0.3, 0.4) is 0 Å². The largest absolute Gasteiger partial charge is 0.481 e. The van der Waals surface area contributed by atoms with Crippen LogP contribution in [0.15, 0.2) is 36.4 Å². The van der Waals surface area contributed by atoms with Gasteiger partial charge >= 0.3 is 11.0 Å². The van der Waals surface area contributed by atoms with Crippen LogP contribution in [-0.2, 0) is 11.3 Å². The van der Waals surface area contributed by atoms with Crippen molar-refractivity contribution in [2.24, 2.45) is 5.92 Å². The van der Waals surface area contributed by atoms with Crippen molar-refractivity contribution in [3.05, 3.63) is 57.9 Å². The van der Waals surface area contributed by atoms with E-state index in [0.29, 0.717) is 54.1 Å². The van der Waals surface area contributed by atoms with Gasteiger partial charge in [-0.2, -0.15) is 0 Å². The number of nitrogens with zero attached hydrogens (tertiary/aromatic N) is 3. The van der Waals surface area contributed by atoms with Gasteiger partial charge in [-0.15, -0.1) is 0 Å². The Morgan fingerprint density at radius 3 is 2.59 bits per heavy atom. The van der Waals surface area contributed by atoms with E-state index in [1.807, 2.05) is 30.3 Å². The first kappa shape index (κ1) is 19.3. The van der Waals surface area contributed by atoms with Gasteiger partial charge in [-0.1, -0.05) is 30.3 Å². The zero-order chi connectivity index (χ0) is 20.4. The fourth-order valence-corrected chi connectivity index (χ4v) is 4.57. The minimum atomic E-state index is -0.751. The molecular weight excluding hydrogens is 392 g/mol. The molecule has 4 rings (SSSR count). The van der Waals surface area contributed by atoms with Crippen molar-refractivity contribution < 1.29 is 14.8 Å². The molecule has 0 radical (unpaired) electrons. The first-order chi connectivity index (χ1) is 14.0. The average Bonchev–Trinajstić information content (AvgIpc) is 3.17. The molecule has 0 unspecified atom stereocenters. The first-order valence-corrected chi connectivity index (χ1v) is 10.3. The Kier molecular flexibility index (Phi) is 5.39. The van der Waals surface area contributed by atoms with Crippen LogP contribution in [0, 0.1) is 16.0 Å². The number of thiophene rings is 1. The minimum absolute atomic E-state index is 0.0313. The van der Waals surface area contributed by atoms with Gasteiger partial charge < -0.3 is 10.4 Å². The van der Waals surface area contributed by atoms with Gasteiger partial charge in [0.1, 0.15) is 16.5 Å². The monoisotopic (exact) mass is 412 g/mol. The molecule has 2 aromatic heterocycles. The highest BCUT2D eigenvalue weighted by Gasteiger charge is 2.29. The van der Waals surface area contributed by atoms with Gasteiger partial charge in [0.25, 0.3) is 0 Å². The maximum atomic E-state index is 11.2. The summed E-state index contributed by atoms with van der Waals surface area (Å²) in [5.41, 5.74) is 1.08. The highest BCUT2D eigenvalue weighted by molar-refractivity contribution is 7.21. The summed E-state index contributed by atoms with van der Waals surface area (Å²) in [5.74, 6) is 0.216. The van der Waals surface area contributed by atoms with Crippen molar-refractivity contribution in [3.8, 4) is 0 Å². The van der Waals surface area contributed by atoms with E-state index < -0.39 is 10.9 Å². The molecule has 1 saturated carbocycles. The van der Waals surface area contributed by atoms with Gasteiger partial charge in [-0.3, -0.25) is 14.9 Å². The number of nitrogens with one attached hydrogen (secondary N) is 1. The number of aromatic nitrogens is 2. The molecule has 0 atom stereocenters. The van der Waals surface area contributed by atoms with Crippen LogP contribution >= 0.6 is 11.3 Å². The summed E-state index contributed by atoms with van der Waals surface area (Å²) in [4.78, 5) is 31.9. The average molecular weight is 412 g/mol. The van der Waals surface area contributed by atoms with Crippen LogP contribution in [0.1, 0.15) is 43.0 Å². The molecule has 0 spiro atoms. The number of nitro groups is 1. The summed E-state index contributed by atoms with van der Waals surface area (Å²) in [7, 11) is 0.